The van der Waals surface area contributed by atoms with Gasteiger partial charge in [-0.15, -0.1) is 0 Å². The maximum absolute atomic E-state index is 14.0. The van der Waals surface area contributed by atoms with E-state index in [-0.39, 0.29) is 11.7 Å². The van der Waals surface area contributed by atoms with Gasteiger partial charge in [0, 0.05) is 18.9 Å². The zero-order valence-electron chi connectivity index (χ0n) is 14.6. The van der Waals surface area contributed by atoms with Gasteiger partial charge < -0.3 is 15.3 Å². The summed E-state index contributed by atoms with van der Waals surface area (Å²) in [7, 11) is 0. The largest absolute Gasteiger partial charge is 0.492 e. The van der Waals surface area contributed by atoms with Crippen molar-refractivity contribution in [3.8, 4) is 5.75 Å². The average molecular weight is 369 g/mol. The van der Waals surface area contributed by atoms with Gasteiger partial charge in [-0.1, -0.05) is 12.1 Å². The first kappa shape index (κ1) is 17.5. The minimum atomic E-state index is -0.858. The van der Waals surface area contributed by atoms with Crippen LogP contribution >= 0.6 is 0 Å². The van der Waals surface area contributed by atoms with Crippen LogP contribution in [0.5, 0.6) is 5.75 Å². The van der Waals surface area contributed by atoms with Crippen molar-refractivity contribution in [2.45, 2.75) is 18.8 Å². The topological polar surface area (TPSA) is 83.5 Å². The minimum Gasteiger partial charge on any atom is -0.492 e. The molecule has 2 unspecified atom stereocenters. The first-order chi connectivity index (χ1) is 13.1. The smallest absolute Gasteiger partial charge is 0.307 e. The lowest BCUT2D eigenvalue weighted by atomic mass is 10.0. The molecule has 1 fully saturated rings. The number of hydrazine groups is 1. The van der Waals surface area contributed by atoms with Gasteiger partial charge in [0.1, 0.15) is 11.6 Å². The number of carboxylic acids is 1. The number of carbonyl (C=O) groups is 1. The summed E-state index contributed by atoms with van der Waals surface area (Å²) in [5, 5.41) is 9.04. The summed E-state index contributed by atoms with van der Waals surface area (Å²) in [4.78, 5) is 15.4. The van der Waals surface area contributed by atoms with E-state index in [4.69, 9.17) is 9.84 Å². The maximum atomic E-state index is 14.0. The van der Waals surface area contributed by atoms with Crippen molar-refractivity contribution in [1.82, 2.24) is 15.8 Å². The van der Waals surface area contributed by atoms with Gasteiger partial charge in [-0.25, -0.2) is 9.82 Å². The Kier molecular flexibility index (Phi) is 4.77. The second kappa shape index (κ2) is 7.36. The number of aromatic nitrogens is 1. The molecule has 1 saturated carbocycles. The molecule has 1 aliphatic heterocycles. The fraction of sp³-hybridized carbons (Fsp3) is 0.300. The monoisotopic (exact) mass is 369 g/mol. The Balaban J connectivity index is 1.33. The molecule has 1 aromatic heterocycles. The quantitative estimate of drug-likeness (QED) is 0.696. The zero-order valence-corrected chi connectivity index (χ0v) is 14.6. The highest BCUT2D eigenvalue weighted by Gasteiger charge is 2.45. The molecular formula is C20H20FN3O3. The molecule has 0 amide bonds. The van der Waals surface area contributed by atoms with Crippen LogP contribution in [0.15, 0.2) is 42.6 Å². The molecule has 2 atom stereocenters. The molecule has 1 aromatic carbocycles. The lowest BCUT2D eigenvalue weighted by molar-refractivity contribution is -0.138. The average Bonchev–Trinajstić information content (AvgIpc) is 3.29. The van der Waals surface area contributed by atoms with E-state index >= 15 is 0 Å². The molecule has 27 heavy (non-hydrogen) atoms. The normalized spacial score (nSPS) is 20.7. The third-order valence-electron chi connectivity index (χ3n) is 4.87. The number of aliphatic carboxylic acids is 1. The van der Waals surface area contributed by atoms with E-state index < -0.39 is 11.9 Å². The molecule has 0 radical (unpaired) electrons. The van der Waals surface area contributed by atoms with E-state index in [1.165, 1.54) is 6.07 Å². The first-order valence-corrected chi connectivity index (χ1v) is 8.91. The van der Waals surface area contributed by atoms with Crippen LogP contribution in [0, 0.1) is 11.7 Å². The molecule has 2 aromatic rings. The number of nitrogens with zero attached hydrogens (tertiary/aromatic N) is 1. The number of halogens is 1. The van der Waals surface area contributed by atoms with E-state index in [0.29, 0.717) is 30.8 Å². The highest BCUT2D eigenvalue weighted by Crippen LogP contribution is 2.48. The molecule has 2 aliphatic rings. The lowest BCUT2D eigenvalue weighted by Crippen LogP contribution is -2.23. The van der Waals surface area contributed by atoms with E-state index in [1.54, 1.807) is 18.3 Å². The van der Waals surface area contributed by atoms with Crippen LogP contribution in [-0.2, 0) is 11.2 Å². The number of nitrogens with one attached hydrogen (secondary N) is 2. The summed E-state index contributed by atoms with van der Waals surface area (Å²) in [5.74, 6) is -1.20. The van der Waals surface area contributed by atoms with Crippen molar-refractivity contribution in [2.75, 3.05) is 13.2 Å². The van der Waals surface area contributed by atoms with Crippen molar-refractivity contribution in [3.63, 3.8) is 0 Å². The van der Waals surface area contributed by atoms with Crippen molar-refractivity contribution in [2.24, 2.45) is 5.92 Å². The number of benzene rings is 1. The van der Waals surface area contributed by atoms with Crippen LogP contribution in [0.25, 0.3) is 5.70 Å². The van der Waals surface area contributed by atoms with Crippen LogP contribution in [0.1, 0.15) is 29.2 Å². The Bertz CT molecular complexity index is 883. The molecule has 4 rings (SSSR count). The van der Waals surface area contributed by atoms with E-state index in [9.17, 15) is 9.18 Å². The van der Waals surface area contributed by atoms with Gasteiger partial charge in [-0.2, -0.15) is 0 Å². The molecule has 3 N–H and O–H groups in total. The van der Waals surface area contributed by atoms with Crippen molar-refractivity contribution in [1.29, 1.82) is 0 Å². The predicted molar refractivity (Wildman–Crippen MR) is 97.4 cm³/mol. The van der Waals surface area contributed by atoms with Crippen molar-refractivity contribution in [3.05, 3.63) is 65.2 Å². The number of carboxylic acid groups (broad SMARTS) is 1. The van der Waals surface area contributed by atoms with Crippen molar-refractivity contribution >= 4 is 11.7 Å². The Labute approximate surface area is 156 Å². The van der Waals surface area contributed by atoms with E-state index in [1.807, 2.05) is 18.2 Å². The summed E-state index contributed by atoms with van der Waals surface area (Å²) in [6, 6.07) is 8.64. The Hall–Kier alpha value is -2.93. The zero-order chi connectivity index (χ0) is 18.8. The molecule has 1 aliphatic carbocycles. The molecule has 6 nitrogen and oxygen atoms in total. The Morgan fingerprint density at radius 1 is 1.33 bits per heavy atom. The molecular weight excluding hydrogens is 349 g/mol. The lowest BCUT2D eigenvalue weighted by Gasteiger charge is -2.09. The van der Waals surface area contributed by atoms with E-state index in [0.717, 1.165) is 23.5 Å². The number of ether oxygens (including phenoxy) is 1. The highest BCUT2D eigenvalue weighted by atomic mass is 19.1. The molecule has 7 heteroatoms. The molecule has 2 heterocycles. The summed E-state index contributed by atoms with van der Waals surface area (Å²) in [6.07, 6.45) is 4.80. The summed E-state index contributed by atoms with van der Waals surface area (Å²) in [6.45, 7) is 1.20. The molecule has 0 spiro atoms. The summed E-state index contributed by atoms with van der Waals surface area (Å²) < 4.78 is 19.7. The SMILES string of the molecule is O=C(O)C1CC1c1cc(CCOc2ccc(C3=CCNN3)nc2)ccc1F. The second-order valence-electron chi connectivity index (χ2n) is 6.74. The van der Waals surface area contributed by atoms with Crippen molar-refractivity contribution < 1.29 is 19.0 Å². The minimum absolute atomic E-state index is 0.215. The Morgan fingerprint density at radius 3 is 2.89 bits per heavy atom. The molecule has 0 bridgehead atoms. The van der Waals surface area contributed by atoms with Crippen LogP contribution < -0.4 is 15.6 Å². The third-order valence-corrected chi connectivity index (χ3v) is 4.87. The predicted octanol–water partition coefficient (Wildman–Crippen LogP) is 2.48. The maximum Gasteiger partial charge on any atom is 0.307 e. The summed E-state index contributed by atoms with van der Waals surface area (Å²) >= 11 is 0. The number of rotatable bonds is 7. The fourth-order valence-corrected chi connectivity index (χ4v) is 3.28. The Morgan fingerprint density at radius 2 is 2.22 bits per heavy atom. The van der Waals surface area contributed by atoms with Crippen LogP contribution in [0.2, 0.25) is 0 Å². The van der Waals surface area contributed by atoms with Crippen LogP contribution in [-0.4, -0.2) is 29.2 Å². The first-order valence-electron chi connectivity index (χ1n) is 8.91. The van der Waals surface area contributed by atoms with Gasteiger partial charge in [-0.3, -0.25) is 9.78 Å². The second-order valence-corrected chi connectivity index (χ2v) is 6.74. The van der Waals surface area contributed by atoms with Crippen LogP contribution in [0.4, 0.5) is 4.39 Å². The summed E-state index contributed by atoms with van der Waals surface area (Å²) in [5.41, 5.74) is 9.24. The van der Waals surface area contributed by atoms with Gasteiger partial charge in [-0.05, 0) is 41.8 Å². The number of hydrogen-bond donors (Lipinski definition) is 3. The standard InChI is InChI=1S/C20H20FN3O3/c21-17-3-1-12(9-15(17)14-10-16(14)20(25)26)6-8-27-13-2-4-18(22-11-13)19-5-7-23-24-19/h1-5,9,11,14,16,23-24H,6-8,10H2,(H,25,26). The van der Waals surface area contributed by atoms with Gasteiger partial charge in [0.15, 0.2) is 0 Å². The van der Waals surface area contributed by atoms with Gasteiger partial charge >= 0.3 is 5.97 Å². The van der Waals surface area contributed by atoms with Crippen LogP contribution in [0.3, 0.4) is 0 Å². The fourth-order valence-electron chi connectivity index (χ4n) is 3.28. The number of hydrogen-bond acceptors (Lipinski definition) is 5. The van der Waals surface area contributed by atoms with Gasteiger partial charge in [0.05, 0.1) is 30.1 Å². The third kappa shape index (κ3) is 3.93. The molecule has 0 saturated heterocycles. The highest BCUT2D eigenvalue weighted by molar-refractivity contribution is 5.75. The molecule has 140 valence electrons. The number of pyridine rings is 1. The van der Waals surface area contributed by atoms with E-state index in [2.05, 4.69) is 15.8 Å². The van der Waals surface area contributed by atoms with Gasteiger partial charge in [0.2, 0.25) is 0 Å². The van der Waals surface area contributed by atoms with Gasteiger partial charge in [0.25, 0.3) is 0 Å².